The maximum atomic E-state index is 10.9. The summed E-state index contributed by atoms with van der Waals surface area (Å²) in [7, 11) is 1.40. The van der Waals surface area contributed by atoms with Gasteiger partial charge in [0.15, 0.2) is 0 Å². The van der Waals surface area contributed by atoms with Gasteiger partial charge in [-0.25, -0.2) is 4.79 Å². The molecule has 0 radical (unpaired) electrons. The SMILES string of the molecule is CCC1C=CC(C(=O)OC)=C1. The molecule has 0 aliphatic heterocycles. The molecule has 1 aliphatic rings. The first-order valence-corrected chi connectivity index (χ1v) is 3.76. The lowest BCUT2D eigenvalue weighted by atomic mass is 10.1. The van der Waals surface area contributed by atoms with Crippen LogP contribution in [0.25, 0.3) is 0 Å². The summed E-state index contributed by atoms with van der Waals surface area (Å²) in [5, 5.41) is 0. The van der Waals surface area contributed by atoms with Crippen LogP contribution in [0.15, 0.2) is 23.8 Å². The van der Waals surface area contributed by atoms with Crippen molar-refractivity contribution in [3.05, 3.63) is 23.8 Å². The van der Waals surface area contributed by atoms with Gasteiger partial charge < -0.3 is 4.74 Å². The zero-order chi connectivity index (χ0) is 8.27. The van der Waals surface area contributed by atoms with Crippen molar-refractivity contribution in [3.63, 3.8) is 0 Å². The van der Waals surface area contributed by atoms with Gasteiger partial charge in [0.1, 0.15) is 0 Å². The van der Waals surface area contributed by atoms with E-state index in [1.165, 1.54) is 7.11 Å². The largest absolute Gasteiger partial charge is 0.465 e. The lowest BCUT2D eigenvalue weighted by Crippen LogP contribution is -2.01. The quantitative estimate of drug-likeness (QED) is 0.563. The summed E-state index contributed by atoms with van der Waals surface area (Å²) < 4.78 is 4.57. The van der Waals surface area contributed by atoms with E-state index >= 15 is 0 Å². The van der Waals surface area contributed by atoms with Crippen LogP contribution in [-0.4, -0.2) is 13.1 Å². The molecule has 11 heavy (non-hydrogen) atoms. The first-order valence-electron chi connectivity index (χ1n) is 3.76. The van der Waals surface area contributed by atoms with Crippen LogP contribution >= 0.6 is 0 Å². The standard InChI is InChI=1S/C9H12O2/c1-3-7-4-5-8(6-7)9(10)11-2/h4-7H,3H2,1-2H3. The second kappa shape index (κ2) is 3.37. The average Bonchev–Trinajstić information content (AvgIpc) is 2.50. The van der Waals surface area contributed by atoms with Gasteiger partial charge >= 0.3 is 5.97 Å². The van der Waals surface area contributed by atoms with Crippen molar-refractivity contribution in [2.24, 2.45) is 5.92 Å². The minimum Gasteiger partial charge on any atom is -0.465 e. The topological polar surface area (TPSA) is 26.3 Å². The first kappa shape index (κ1) is 8.05. The zero-order valence-corrected chi connectivity index (χ0v) is 6.83. The van der Waals surface area contributed by atoms with Crippen molar-refractivity contribution >= 4 is 5.97 Å². The highest BCUT2D eigenvalue weighted by Gasteiger charge is 2.13. The molecular weight excluding hydrogens is 140 g/mol. The Balaban J connectivity index is 2.63. The van der Waals surface area contributed by atoms with Gasteiger partial charge in [0.2, 0.25) is 0 Å². The minimum atomic E-state index is -0.239. The van der Waals surface area contributed by atoms with Gasteiger partial charge in [0, 0.05) is 0 Å². The van der Waals surface area contributed by atoms with E-state index in [2.05, 4.69) is 11.7 Å². The zero-order valence-electron chi connectivity index (χ0n) is 6.83. The van der Waals surface area contributed by atoms with Crippen LogP contribution in [0.5, 0.6) is 0 Å². The normalized spacial score (nSPS) is 21.6. The summed E-state index contributed by atoms with van der Waals surface area (Å²) in [5.74, 6) is 0.182. The average molecular weight is 152 g/mol. The molecule has 0 saturated carbocycles. The monoisotopic (exact) mass is 152 g/mol. The summed E-state index contributed by atoms with van der Waals surface area (Å²) in [6, 6.07) is 0. The van der Waals surface area contributed by atoms with Crippen molar-refractivity contribution in [2.75, 3.05) is 7.11 Å². The summed E-state index contributed by atoms with van der Waals surface area (Å²) in [4.78, 5) is 10.9. The van der Waals surface area contributed by atoms with Crippen LogP contribution in [0.1, 0.15) is 13.3 Å². The predicted octanol–water partition coefficient (Wildman–Crippen LogP) is 1.68. The molecular formula is C9H12O2. The fraction of sp³-hybridized carbons (Fsp3) is 0.444. The first-order chi connectivity index (χ1) is 5.27. The molecule has 60 valence electrons. The van der Waals surface area contributed by atoms with Gasteiger partial charge in [0.05, 0.1) is 12.7 Å². The maximum absolute atomic E-state index is 10.9. The predicted molar refractivity (Wildman–Crippen MR) is 43.0 cm³/mol. The fourth-order valence-corrected chi connectivity index (χ4v) is 1.08. The van der Waals surface area contributed by atoms with Crippen LogP contribution in [-0.2, 0) is 9.53 Å². The minimum absolute atomic E-state index is 0.239. The lowest BCUT2D eigenvalue weighted by molar-refractivity contribution is -0.135. The van der Waals surface area contributed by atoms with Crippen LogP contribution in [0.4, 0.5) is 0 Å². The van der Waals surface area contributed by atoms with Gasteiger partial charge in [-0.1, -0.05) is 25.2 Å². The van der Waals surface area contributed by atoms with Crippen LogP contribution in [0.3, 0.4) is 0 Å². The van der Waals surface area contributed by atoms with E-state index in [1.54, 1.807) is 0 Å². The molecule has 0 amide bonds. The smallest absolute Gasteiger partial charge is 0.337 e. The Morgan fingerprint density at radius 1 is 1.73 bits per heavy atom. The Kier molecular flexibility index (Phi) is 2.47. The van der Waals surface area contributed by atoms with Crippen LogP contribution in [0, 0.1) is 5.92 Å². The molecule has 0 spiro atoms. The number of carbonyl (C=O) groups excluding carboxylic acids is 1. The molecule has 0 N–H and O–H groups in total. The number of ether oxygens (including phenoxy) is 1. The van der Waals surface area contributed by atoms with E-state index in [-0.39, 0.29) is 5.97 Å². The molecule has 0 aromatic heterocycles. The number of methoxy groups -OCH3 is 1. The summed E-state index contributed by atoms with van der Waals surface area (Å²) >= 11 is 0. The van der Waals surface area contributed by atoms with E-state index in [4.69, 9.17) is 0 Å². The Morgan fingerprint density at radius 2 is 2.45 bits per heavy atom. The van der Waals surface area contributed by atoms with E-state index in [1.807, 2.05) is 18.2 Å². The molecule has 0 heterocycles. The highest BCUT2D eigenvalue weighted by atomic mass is 16.5. The number of esters is 1. The van der Waals surface area contributed by atoms with Crippen molar-refractivity contribution in [3.8, 4) is 0 Å². The number of allylic oxidation sites excluding steroid dienone is 2. The van der Waals surface area contributed by atoms with Gasteiger partial charge in [-0.15, -0.1) is 0 Å². The molecule has 0 fully saturated rings. The number of hydrogen-bond donors (Lipinski definition) is 0. The Morgan fingerprint density at radius 3 is 2.91 bits per heavy atom. The molecule has 1 atom stereocenters. The molecule has 0 saturated heterocycles. The highest BCUT2D eigenvalue weighted by molar-refractivity contribution is 5.92. The van der Waals surface area contributed by atoms with E-state index in [0.29, 0.717) is 11.5 Å². The second-order valence-corrected chi connectivity index (χ2v) is 2.54. The van der Waals surface area contributed by atoms with Crippen molar-refractivity contribution < 1.29 is 9.53 Å². The Bertz CT molecular complexity index is 214. The molecule has 2 nitrogen and oxygen atoms in total. The Labute approximate surface area is 66.5 Å². The third-order valence-electron chi connectivity index (χ3n) is 1.81. The molecule has 0 aromatic carbocycles. The van der Waals surface area contributed by atoms with Crippen LogP contribution < -0.4 is 0 Å². The van der Waals surface area contributed by atoms with Crippen molar-refractivity contribution in [2.45, 2.75) is 13.3 Å². The third-order valence-corrected chi connectivity index (χ3v) is 1.81. The number of carbonyl (C=O) groups is 1. The molecule has 1 aliphatic carbocycles. The lowest BCUT2D eigenvalue weighted by Gasteiger charge is -1.97. The van der Waals surface area contributed by atoms with Gasteiger partial charge in [-0.3, -0.25) is 0 Å². The van der Waals surface area contributed by atoms with Crippen molar-refractivity contribution in [1.82, 2.24) is 0 Å². The van der Waals surface area contributed by atoms with Crippen molar-refractivity contribution in [1.29, 1.82) is 0 Å². The van der Waals surface area contributed by atoms with Crippen LogP contribution in [0.2, 0.25) is 0 Å². The second-order valence-electron chi connectivity index (χ2n) is 2.54. The summed E-state index contributed by atoms with van der Waals surface area (Å²) in [5.41, 5.74) is 0.680. The third kappa shape index (κ3) is 1.70. The summed E-state index contributed by atoms with van der Waals surface area (Å²) in [6.45, 7) is 2.09. The molecule has 0 aromatic rings. The van der Waals surface area contributed by atoms with E-state index in [0.717, 1.165) is 6.42 Å². The molecule has 1 rings (SSSR count). The maximum Gasteiger partial charge on any atom is 0.337 e. The number of hydrogen-bond acceptors (Lipinski definition) is 2. The van der Waals surface area contributed by atoms with Gasteiger partial charge in [-0.2, -0.15) is 0 Å². The van der Waals surface area contributed by atoms with Gasteiger partial charge in [0.25, 0.3) is 0 Å². The van der Waals surface area contributed by atoms with E-state index < -0.39 is 0 Å². The Hall–Kier alpha value is -1.05. The molecule has 2 heteroatoms. The molecule has 1 unspecified atom stereocenters. The number of rotatable bonds is 2. The van der Waals surface area contributed by atoms with Gasteiger partial charge in [-0.05, 0) is 12.3 Å². The molecule has 0 bridgehead atoms. The summed E-state index contributed by atoms with van der Waals surface area (Å²) in [6.07, 6.45) is 6.81. The van der Waals surface area contributed by atoms with E-state index in [9.17, 15) is 4.79 Å². The highest BCUT2D eigenvalue weighted by Crippen LogP contribution is 2.19. The fourth-order valence-electron chi connectivity index (χ4n) is 1.08.